The minimum Gasteiger partial charge on any atom is -0.504 e. The number of phenolic OH excluding ortho intramolecular Hbond substituents is 2. The second-order valence-corrected chi connectivity index (χ2v) is 6.14. The highest BCUT2D eigenvalue weighted by Gasteiger charge is 2.24. The quantitative estimate of drug-likeness (QED) is 0.365. The predicted octanol–water partition coefficient (Wildman–Crippen LogP) is 2.01. The molecule has 1 heterocycles. The number of hydrogen-bond donors (Lipinski definition) is 2. The third kappa shape index (κ3) is 3.75. The molecule has 3 rings (SSSR count). The van der Waals surface area contributed by atoms with Gasteiger partial charge in [0, 0.05) is 43.5 Å². The molecule has 8 nitrogen and oxygen atoms in total. The number of ketones is 1. The molecule has 0 atom stereocenters. The molecule has 2 aromatic rings. The number of nitrogens with zero attached hydrogens (tertiary/aromatic N) is 3. The molecule has 1 saturated heterocycles. The number of anilines is 1. The van der Waals surface area contributed by atoms with Gasteiger partial charge in [-0.15, -0.1) is 0 Å². The first-order valence-corrected chi connectivity index (χ1v) is 8.21. The van der Waals surface area contributed by atoms with Gasteiger partial charge in [-0.2, -0.15) is 0 Å². The van der Waals surface area contributed by atoms with E-state index in [2.05, 4.69) is 4.90 Å². The van der Waals surface area contributed by atoms with Gasteiger partial charge >= 0.3 is 5.69 Å². The van der Waals surface area contributed by atoms with Gasteiger partial charge in [0.1, 0.15) is 0 Å². The molecule has 2 N–H and O–H groups in total. The van der Waals surface area contributed by atoms with E-state index in [1.807, 2.05) is 35.2 Å². The normalized spacial score (nSPS) is 15.0. The van der Waals surface area contributed by atoms with Crippen molar-refractivity contribution in [3.05, 3.63) is 58.1 Å². The summed E-state index contributed by atoms with van der Waals surface area (Å²) in [5.41, 5.74) is 0.470. The fraction of sp³-hybridized carbons (Fsp3) is 0.278. The van der Waals surface area contributed by atoms with E-state index in [0.29, 0.717) is 13.1 Å². The number of nitro benzene ring substituents is 1. The third-order valence-corrected chi connectivity index (χ3v) is 4.45. The zero-order valence-corrected chi connectivity index (χ0v) is 14.0. The maximum Gasteiger partial charge on any atom is 0.315 e. The van der Waals surface area contributed by atoms with Gasteiger partial charge in [-0.05, 0) is 18.2 Å². The van der Waals surface area contributed by atoms with Crippen molar-refractivity contribution < 1.29 is 19.9 Å². The largest absolute Gasteiger partial charge is 0.504 e. The number of hydrogen-bond acceptors (Lipinski definition) is 7. The third-order valence-electron chi connectivity index (χ3n) is 4.45. The number of benzene rings is 2. The van der Waals surface area contributed by atoms with Crippen molar-refractivity contribution >= 4 is 17.2 Å². The molecule has 26 heavy (non-hydrogen) atoms. The lowest BCUT2D eigenvalue weighted by Gasteiger charge is -2.35. The first-order valence-electron chi connectivity index (χ1n) is 8.21. The molecule has 8 heteroatoms. The molecule has 1 fully saturated rings. The van der Waals surface area contributed by atoms with Gasteiger partial charge in [-0.25, -0.2) is 0 Å². The van der Waals surface area contributed by atoms with Crippen molar-refractivity contribution in [2.24, 2.45) is 0 Å². The standard InChI is InChI=1S/C18H19N3O5/c22-16-11-13(10-15(18(16)24)21(25)26)17(23)12-19-6-8-20(9-7-19)14-4-2-1-3-5-14/h1-5,10-11,22,24H,6-9,12H2. The van der Waals surface area contributed by atoms with Crippen molar-refractivity contribution in [1.29, 1.82) is 0 Å². The number of phenols is 2. The summed E-state index contributed by atoms with van der Waals surface area (Å²) in [6.45, 7) is 3.03. The van der Waals surface area contributed by atoms with Crippen LogP contribution in [0.5, 0.6) is 11.5 Å². The number of piperazine rings is 1. The Morgan fingerprint density at radius 1 is 1.08 bits per heavy atom. The highest BCUT2D eigenvalue weighted by molar-refractivity contribution is 5.99. The SMILES string of the molecule is O=C(CN1CCN(c2ccccc2)CC1)c1cc(O)c(O)c([N+](=O)[O-])c1. The molecule has 0 radical (unpaired) electrons. The summed E-state index contributed by atoms with van der Waals surface area (Å²) in [6, 6.07) is 12.1. The second-order valence-electron chi connectivity index (χ2n) is 6.14. The maximum absolute atomic E-state index is 12.4. The molecule has 1 aliphatic rings. The van der Waals surface area contributed by atoms with E-state index in [-0.39, 0.29) is 17.9 Å². The number of para-hydroxylation sites is 1. The Hall–Kier alpha value is -3.13. The van der Waals surface area contributed by atoms with Gasteiger partial charge in [0.2, 0.25) is 5.75 Å². The average molecular weight is 357 g/mol. The summed E-state index contributed by atoms with van der Waals surface area (Å²) < 4.78 is 0. The molecule has 0 unspecified atom stereocenters. The highest BCUT2D eigenvalue weighted by atomic mass is 16.6. The van der Waals surface area contributed by atoms with Crippen LogP contribution in [-0.2, 0) is 0 Å². The smallest absolute Gasteiger partial charge is 0.315 e. The van der Waals surface area contributed by atoms with Crippen LogP contribution in [0.3, 0.4) is 0 Å². The van der Waals surface area contributed by atoms with Crippen molar-refractivity contribution in [1.82, 2.24) is 4.90 Å². The van der Waals surface area contributed by atoms with E-state index in [1.165, 1.54) is 0 Å². The maximum atomic E-state index is 12.4. The minimum atomic E-state index is -0.831. The summed E-state index contributed by atoms with van der Waals surface area (Å²) in [6.07, 6.45) is 0. The van der Waals surface area contributed by atoms with Gasteiger partial charge in [-0.1, -0.05) is 18.2 Å². The lowest BCUT2D eigenvalue weighted by atomic mass is 10.1. The summed E-state index contributed by atoms with van der Waals surface area (Å²) in [5, 5.41) is 30.0. The van der Waals surface area contributed by atoms with Crippen LogP contribution in [0.25, 0.3) is 0 Å². The molecule has 0 aliphatic carbocycles. The Kier molecular flexibility index (Phi) is 5.04. The fourth-order valence-corrected chi connectivity index (χ4v) is 3.00. The Labute approximate surface area is 150 Å². The summed E-state index contributed by atoms with van der Waals surface area (Å²) in [4.78, 5) is 26.7. The monoisotopic (exact) mass is 357 g/mol. The molecule has 0 spiro atoms. The molecule has 1 aliphatic heterocycles. The number of Topliss-reactive ketones (excluding diaryl/α,β-unsaturated/α-hetero) is 1. The lowest BCUT2D eigenvalue weighted by molar-refractivity contribution is -0.386. The Morgan fingerprint density at radius 3 is 2.35 bits per heavy atom. The minimum absolute atomic E-state index is 0.0116. The average Bonchev–Trinajstić information content (AvgIpc) is 2.65. The van der Waals surface area contributed by atoms with Crippen LogP contribution < -0.4 is 4.90 Å². The number of aromatic hydroxyl groups is 2. The van der Waals surface area contributed by atoms with Crippen LogP contribution >= 0.6 is 0 Å². The Bertz CT molecular complexity index is 817. The fourth-order valence-electron chi connectivity index (χ4n) is 3.00. The molecule has 2 aromatic carbocycles. The van der Waals surface area contributed by atoms with Crippen molar-refractivity contribution in [2.75, 3.05) is 37.6 Å². The van der Waals surface area contributed by atoms with Gasteiger partial charge in [-0.3, -0.25) is 19.8 Å². The van der Waals surface area contributed by atoms with Crippen LogP contribution in [0, 0.1) is 10.1 Å². The van der Waals surface area contributed by atoms with E-state index in [0.717, 1.165) is 30.9 Å². The molecule has 0 amide bonds. The van der Waals surface area contributed by atoms with E-state index in [9.17, 15) is 25.1 Å². The van der Waals surface area contributed by atoms with Crippen molar-refractivity contribution in [3.63, 3.8) is 0 Å². The van der Waals surface area contributed by atoms with Crippen LogP contribution in [0.2, 0.25) is 0 Å². The molecular weight excluding hydrogens is 338 g/mol. The Morgan fingerprint density at radius 2 is 1.73 bits per heavy atom. The van der Waals surface area contributed by atoms with E-state index < -0.39 is 22.1 Å². The number of rotatable bonds is 5. The van der Waals surface area contributed by atoms with Crippen LogP contribution in [0.4, 0.5) is 11.4 Å². The van der Waals surface area contributed by atoms with Gasteiger partial charge in [0.15, 0.2) is 11.5 Å². The first kappa shape index (κ1) is 17.7. The summed E-state index contributed by atoms with van der Waals surface area (Å²) in [7, 11) is 0. The van der Waals surface area contributed by atoms with Crippen LogP contribution in [0.1, 0.15) is 10.4 Å². The summed E-state index contributed by atoms with van der Waals surface area (Å²) in [5.74, 6) is -1.84. The van der Waals surface area contributed by atoms with Crippen molar-refractivity contribution in [2.45, 2.75) is 0 Å². The van der Waals surface area contributed by atoms with Gasteiger partial charge in [0.05, 0.1) is 11.5 Å². The highest BCUT2D eigenvalue weighted by Crippen LogP contribution is 2.36. The number of carbonyl (C=O) groups is 1. The van der Waals surface area contributed by atoms with E-state index >= 15 is 0 Å². The number of nitro groups is 1. The Balaban J connectivity index is 1.64. The zero-order chi connectivity index (χ0) is 18.7. The molecule has 0 aromatic heterocycles. The molecular formula is C18H19N3O5. The van der Waals surface area contributed by atoms with Crippen LogP contribution in [-0.4, -0.2) is 58.5 Å². The van der Waals surface area contributed by atoms with Crippen molar-refractivity contribution in [3.8, 4) is 11.5 Å². The second kappa shape index (κ2) is 7.40. The topological polar surface area (TPSA) is 107 Å². The zero-order valence-electron chi connectivity index (χ0n) is 14.0. The van der Waals surface area contributed by atoms with Crippen LogP contribution in [0.15, 0.2) is 42.5 Å². The number of carbonyl (C=O) groups excluding carboxylic acids is 1. The molecule has 0 bridgehead atoms. The molecule has 0 saturated carbocycles. The predicted molar refractivity (Wildman–Crippen MR) is 95.9 cm³/mol. The van der Waals surface area contributed by atoms with E-state index in [1.54, 1.807) is 0 Å². The lowest BCUT2D eigenvalue weighted by Crippen LogP contribution is -2.48. The summed E-state index contributed by atoms with van der Waals surface area (Å²) >= 11 is 0. The molecule has 136 valence electrons. The van der Waals surface area contributed by atoms with Gasteiger partial charge < -0.3 is 15.1 Å². The van der Waals surface area contributed by atoms with Gasteiger partial charge in [0.25, 0.3) is 0 Å². The van der Waals surface area contributed by atoms with E-state index in [4.69, 9.17) is 0 Å². The first-order chi connectivity index (χ1) is 12.5.